The van der Waals surface area contributed by atoms with Crippen LogP contribution in [0.3, 0.4) is 0 Å². The lowest BCUT2D eigenvalue weighted by Crippen LogP contribution is -2.68. The number of halogens is 1. The Morgan fingerprint density at radius 1 is 0.875 bits per heavy atom. The van der Waals surface area contributed by atoms with Gasteiger partial charge in [0, 0.05) is 4.47 Å². The maximum atomic E-state index is 5.21. The van der Waals surface area contributed by atoms with Crippen molar-refractivity contribution in [1.29, 1.82) is 0 Å². The van der Waals surface area contributed by atoms with E-state index < -0.39 is 0 Å². The van der Waals surface area contributed by atoms with E-state index in [2.05, 4.69) is 38.4 Å². The van der Waals surface area contributed by atoms with E-state index >= 15 is 0 Å². The Kier molecular flexibility index (Phi) is 5.29. The van der Waals surface area contributed by atoms with Crippen LogP contribution in [0.4, 0.5) is 11.4 Å². The van der Waals surface area contributed by atoms with Crippen LogP contribution in [0, 0.1) is 0 Å². The fraction of sp³-hybridized carbons (Fsp3) is 0.0500. The van der Waals surface area contributed by atoms with Gasteiger partial charge in [0.05, 0.1) is 12.7 Å². The molecule has 3 aromatic carbocycles. The molecule has 0 unspecified atom stereocenters. The SMILES string of the molecule is COc1ccc(NC(=[NH+]c2ccc(Br)cc2)c2ccccc2)cc1. The van der Waals surface area contributed by atoms with Crippen molar-refractivity contribution in [3.63, 3.8) is 0 Å². The smallest absolute Gasteiger partial charge is 0.285 e. The summed E-state index contributed by atoms with van der Waals surface area (Å²) < 4.78 is 6.26. The molecule has 0 aliphatic heterocycles. The number of hydrogen-bond donors (Lipinski definition) is 2. The second kappa shape index (κ2) is 7.79. The predicted molar refractivity (Wildman–Crippen MR) is 102 cm³/mol. The van der Waals surface area contributed by atoms with Crippen LogP contribution in [-0.2, 0) is 0 Å². The van der Waals surface area contributed by atoms with Crippen LogP contribution in [0.5, 0.6) is 5.75 Å². The number of ether oxygens (including phenoxy) is 1. The van der Waals surface area contributed by atoms with Gasteiger partial charge in [-0.3, -0.25) is 0 Å². The molecule has 0 aliphatic rings. The molecule has 0 aliphatic carbocycles. The molecule has 3 aromatic rings. The van der Waals surface area contributed by atoms with E-state index in [0.29, 0.717) is 0 Å². The van der Waals surface area contributed by atoms with E-state index in [-0.39, 0.29) is 0 Å². The second-order valence-corrected chi connectivity index (χ2v) is 6.14. The molecule has 0 aromatic heterocycles. The van der Waals surface area contributed by atoms with Gasteiger partial charge < -0.3 is 4.74 Å². The van der Waals surface area contributed by atoms with Crippen molar-refractivity contribution < 1.29 is 9.73 Å². The highest BCUT2D eigenvalue weighted by Crippen LogP contribution is 2.16. The number of benzene rings is 3. The van der Waals surface area contributed by atoms with Gasteiger partial charge >= 0.3 is 0 Å². The van der Waals surface area contributed by atoms with Gasteiger partial charge in [0.25, 0.3) is 5.84 Å². The Hall–Kier alpha value is -2.59. The van der Waals surface area contributed by atoms with E-state index in [1.807, 2.05) is 66.7 Å². The Labute approximate surface area is 150 Å². The molecule has 24 heavy (non-hydrogen) atoms. The molecule has 0 amide bonds. The summed E-state index contributed by atoms with van der Waals surface area (Å²) in [6.07, 6.45) is 0. The molecule has 3 rings (SSSR count). The zero-order valence-corrected chi connectivity index (χ0v) is 14.9. The number of hydrogen-bond acceptors (Lipinski definition) is 1. The molecule has 0 heterocycles. The highest BCUT2D eigenvalue weighted by Gasteiger charge is 2.11. The van der Waals surface area contributed by atoms with Crippen molar-refractivity contribution in [3.8, 4) is 5.75 Å². The fourth-order valence-corrected chi connectivity index (χ4v) is 2.54. The summed E-state index contributed by atoms with van der Waals surface area (Å²) in [4.78, 5) is 3.45. The van der Waals surface area contributed by atoms with Crippen molar-refractivity contribution in [1.82, 2.24) is 0 Å². The van der Waals surface area contributed by atoms with Crippen molar-refractivity contribution in [3.05, 3.63) is 88.9 Å². The number of rotatable bonds is 4. The van der Waals surface area contributed by atoms with Crippen molar-refractivity contribution >= 4 is 33.1 Å². The second-order valence-electron chi connectivity index (χ2n) is 5.23. The van der Waals surface area contributed by atoms with Crippen LogP contribution in [-0.4, -0.2) is 12.9 Å². The standard InChI is InChI=1S/C20H17BrN2O/c1-24-19-13-11-18(12-14-19)23-20(15-5-3-2-4-6-15)22-17-9-7-16(21)8-10-17/h2-14H,1H3,(H,22,23)/p+1. The van der Waals surface area contributed by atoms with Crippen LogP contribution in [0.2, 0.25) is 0 Å². The van der Waals surface area contributed by atoms with Gasteiger partial charge in [-0.1, -0.05) is 34.1 Å². The molecule has 0 bridgehead atoms. The van der Waals surface area contributed by atoms with Crippen molar-refractivity contribution in [2.24, 2.45) is 0 Å². The van der Waals surface area contributed by atoms with E-state index in [9.17, 15) is 0 Å². The largest absolute Gasteiger partial charge is 0.497 e. The molecule has 0 spiro atoms. The summed E-state index contributed by atoms with van der Waals surface area (Å²) in [5.74, 6) is 1.76. The first-order valence-electron chi connectivity index (χ1n) is 7.60. The number of amidine groups is 1. The van der Waals surface area contributed by atoms with E-state index in [0.717, 1.165) is 33.0 Å². The predicted octanol–water partition coefficient (Wildman–Crippen LogP) is 3.73. The zero-order valence-electron chi connectivity index (χ0n) is 13.3. The highest BCUT2D eigenvalue weighted by atomic mass is 79.9. The average molecular weight is 382 g/mol. The number of anilines is 1. The Morgan fingerprint density at radius 2 is 1.54 bits per heavy atom. The molecule has 2 N–H and O–H groups in total. The summed E-state index contributed by atoms with van der Waals surface area (Å²) >= 11 is 3.46. The molecule has 4 heteroatoms. The van der Waals surface area contributed by atoms with E-state index in [4.69, 9.17) is 4.74 Å². The van der Waals surface area contributed by atoms with E-state index in [1.165, 1.54) is 0 Å². The third kappa shape index (κ3) is 4.24. The number of nitrogens with one attached hydrogen (secondary N) is 2. The molecule has 120 valence electrons. The summed E-state index contributed by atoms with van der Waals surface area (Å²) in [6.45, 7) is 0. The van der Waals surface area contributed by atoms with Crippen LogP contribution < -0.4 is 15.0 Å². The van der Waals surface area contributed by atoms with Crippen molar-refractivity contribution in [2.75, 3.05) is 12.4 Å². The van der Waals surface area contributed by atoms with Gasteiger partial charge in [-0.25, -0.2) is 10.3 Å². The van der Waals surface area contributed by atoms with Gasteiger partial charge in [-0.05, 0) is 60.7 Å². The molecule has 0 radical (unpaired) electrons. The molecular formula is C20H18BrN2O+. The first kappa shape index (κ1) is 16.3. The summed E-state index contributed by atoms with van der Waals surface area (Å²) in [5.41, 5.74) is 3.08. The minimum atomic E-state index is 0.836. The molecular weight excluding hydrogens is 364 g/mol. The van der Waals surface area contributed by atoms with Gasteiger partial charge in [0.15, 0.2) is 0 Å². The lowest BCUT2D eigenvalue weighted by atomic mass is 10.2. The molecule has 3 nitrogen and oxygen atoms in total. The van der Waals surface area contributed by atoms with Crippen LogP contribution in [0.15, 0.2) is 83.3 Å². The topological polar surface area (TPSA) is 35.2 Å². The van der Waals surface area contributed by atoms with Gasteiger partial charge in [-0.15, -0.1) is 0 Å². The van der Waals surface area contributed by atoms with Crippen LogP contribution in [0.25, 0.3) is 0 Å². The minimum absolute atomic E-state index is 0.836. The molecule has 0 saturated carbocycles. The third-order valence-corrected chi connectivity index (χ3v) is 4.06. The quantitative estimate of drug-likeness (QED) is 0.533. The maximum Gasteiger partial charge on any atom is 0.285 e. The highest BCUT2D eigenvalue weighted by molar-refractivity contribution is 9.10. The summed E-state index contributed by atoms with van der Waals surface area (Å²) in [6, 6.07) is 26.1. The van der Waals surface area contributed by atoms with Crippen LogP contribution >= 0.6 is 15.9 Å². The van der Waals surface area contributed by atoms with E-state index in [1.54, 1.807) is 7.11 Å². The first-order valence-corrected chi connectivity index (χ1v) is 8.40. The molecule has 0 saturated heterocycles. The lowest BCUT2D eigenvalue weighted by Gasteiger charge is -2.05. The number of methoxy groups -OCH3 is 1. The zero-order chi connectivity index (χ0) is 16.8. The normalized spacial score (nSPS) is 11.2. The van der Waals surface area contributed by atoms with Gasteiger partial charge in [-0.2, -0.15) is 0 Å². The Balaban J connectivity index is 1.94. The molecule has 0 fully saturated rings. The lowest BCUT2D eigenvalue weighted by molar-refractivity contribution is -0.352. The Bertz CT molecular complexity index is 813. The summed E-state index contributed by atoms with van der Waals surface area (Å²) in [7, 11) is 1.67. The monoisotopic (exact) mass is 381 g/mol. The minimum Gasteiger partial charge on any atom is -0.497 e. The molecule has 0 atom stereocenters. The first-order chi connectivity index (χ1) is 11.7. The van der Waals surface area contributed by atoms with Crippen LogP contribution in [0.1, 0.15) is 5.56 Å². The van der Waals surface area contributed by atoms with Gasteiger partial charge in [0.1, 0.15) is 17.1 Å². The third-order valence-electron chi connectivity index (χ3n) is 3.54. The summed E-state index contributed by atoms with van der Waals surface area (Å²) in [5, 5.41) is 3.45. The maximum absolute atomic E-state index is 5.21. The van der Waals surface area contributed by atoms with Crippen molar-refractivity contribution in [2.45, 2.75) is 0 Å². The van der Waals surface area contributed by atoms with Gasteiger partial charge in [0.2, 0.25) is 0 Å². The fourth-order valence-electron chi connectivity index (χ4n) is 2.28. The Morgan fingerprint density at radius 3 is 2.17 bits per heavy atom. The average Bonchev–Trinajstić information content (AvgIpc) is 2.64.